The van der Waals surface area contributed by atoms with Gasteiger partial charge in [-0.1, -0.05) is 41.4 Å². The molecule has 0 aliphatic carbocycles. The van der Waals surface area contributed by atoms with Crippen LogP contribution in [0, 0.1) is 0 Å². The Kier molecular flexibility index (Phi) is 4.12. The molecule has 2 aromatic rings. The van der Waals surface area contributed by atoms with Crippen LogP contribution in [0.2, 0.25) is 10.0 Å². The number of benzene rings is 2. The molecule has 4 heteroatoms. The van der Waals surface area contributed by atoms with Gasteiger partial charge in [0.05, 0.1) is 7.11 Å². The molecule has 0 saturated heterocycles. The summed E-state index contributed by atoms with van der Waals surface area (Å²) in [6.45, 7) is 0. The lowest BCUT2D eigenvalue weighted by molar-refractivity contribution is 0.215. The third-order valence-electron chi connectivity index (χ3n) is 2.65. The van der Waals surface area contributed by atoms with E-state index >= 15 is 0 Å². The highest BCUT2D eigenvalue weighted by Gasteiger charge is 2.15. The van der Waals surface area contributed by atoms with Gasteiger partial charge in [0.1, 0.15) is 11.9 Å². The van der Waals surface area contributed by atoms with Gasteiger partial charge in [0.25, 0.3) is 0 Å². The zero-order chi connectivity index (χ0) is 13.1. The van der Waals surface area contributed by atoms with E-state index < -0.39 is 6.10 Å². The monoisotopic (exact) mass is 282 g/mol. The number of hydrogen-bond acceptors (Lipinski definition) is 2. The minimum absolute atomic E-state index is 0.551. The van der Waals surface area contributed by atoms with Gasteiger partial charge in [0.15, 0.2) is 0 Å². The van der Waals surface area contributed by atoms with Crippen LogP contribution in [0.4, 0.5) is 0 Å². The first-order chi connectivity index (χ1) is 8.61. The molecule has 0 fully saturated rings. The molecule has 1 atom stereocenters. The van der Waals surface area contributed by atoms with E-state index in [4.69, 9.17) is 27.9 Å². The molecule has 1 N–H and O–H groups in total. The van der Waals surface area contributed by atoms with Crippen molar-refractivity contribution in [1.29, 1.82) is 0 Å². The molecule has 1 unspecified atom stereocenters. The van der Waals surface area contributed by atoms with Crippen LogP contribution in [0.15, 0.2) is 42.5 Å². The maximum atomic E-state index is 10.3. The van der Waals surface area contributed by atoms with Crippen molar-refractivity contribution in [3.8, 4) is 5.75 Å². The van der Waals surface area contributed by atoms with Crippen LogP contribution in [0.25, 0.3) is 0 Å². The van der Waals surface area contributed by atoms with Crippen molar-refractivity contribution in [1.82, 2.24) is 0 Å². The Morgan fingerprint density at radius 3 is 2.44 bits per heavy atom. The Labute approximate surface area is 116 Å². The lowest BCUT2D eigenvalue weighted by atomic mass is 10.0. The Balaban J connectivity index is 2.42. The van der Waals surface area contributed by atoms with Gasteiger partial charge in [-0.2, -0.15) is 0 Å². The van der Waals surface area contributed by atoms with E-state index in [1.54, 1.807) is 43.5 Å². The molecular formula is C14H12Cl2O2. The second kappa shape index (κ2) is 5.61. The molecule has 2 rings (SSSR count). The minimum Gasteiger partial charge on any atom is -0.496 e. The van der Waals surface area contributed by atoms with Crippen LogP contribution in [0.1, 0.15) is 17.2 Å². The minimum atomic E-state index is -0.795. The van der Waals surface area contributed by atoms with E-state index in [0.29, 0.717) is 26.9 Å². The molecule has 0 aliphatic rings. The topological polar surface area (TPSA) is 29.5 Å². The summed E-state index contributed by atoms with van der Waals surface area (Å²) in [5.41, 5.74) is 1.37. The summed E-state index contributed by atoms with van der Waals surface area (Å²) < 4.78 is 5.22. The zero-order valence-electron chi connectivity index (χ0n) is 9.73. The lowest BCUT2D eigenvalue weighted by Gasteiger charge is -2.15. The number of aliphatic hydroxyl groups is 1. The largest absolute Gasteiger partial charge is 0.496 e. The van der Waals surface area contributed by atoms with Crippen molar-refractivity contribution in [2.45, 2.75) is 6.10 Å². The SMILES string of the molecule is COc1cc(Cl)ccc1C(O)c1cccc(Cl)c1. The maximum absolute atomic E-state index is 10.3. The number of rotatable bonds is 3. The second-order valence-corrected chi connectivity index (χ2v) is 4.72. The predicted octanol–water partition coefficient (Wildman–Crippen LogP) is 4.08. The average molecular weight is 283 g/mol. The van der Waals surface area contributed by atoms with Crippen LogP contribution in [0.3, 0.4) is 0 Å². The van der Waals surface area contributed by atoms with Crippen molar-refractivity contribution in [3.63, 3.8) is 0 Å². The highest BCUT2D eigenvalue weighted by Crippen LogP contribution is 2.32. The molecule has 94 valence electrons. The molecule has 0 aromatic heterocycles. The Morgan fingerprint density at radius 1 is 1.06 bits per heavy atom. The third kappa shape index (κ3) is 2.78. The van der Waals surface area contributed by atoms with Crippen molar-refractivity contribution in [3.05, 3.63) is 63.6 Å². The number of methoxy groups -OCH3 is 1. The van der Waals surface area contributed by atoms with Crippen molar-refractivity contribution >= 4 is 23.2 Å². The third-order valence-corrected chi connectivity index (χ3v) is 3.12. The molecule has 2 nitrogen and oxygen atoms in total. The summed E-state index contributed by atoms with van der Waals surface area (Å²) in [4.78, 5) is 0. The predicted molar refractivity (Wildman–Crippen MR) is 73.5 cm³/mol. The van der Waals surface area contributed by atoms with Gasteiger partial charge in [-0.25, -0.2) is 0 Å². The van der Waals surface area contributed by atoms with Gasteiger partial charge in [0, 0.05) is 15.6 Å². The fraction of sp³-hybridized carbons (Fsp3) is 0.143. The number of halogens is 2. The number of ether oxygens (including phenoxy) is 1. The van der Waals surface area contributed by atoms with Gasteiger partial charge >= 0.3 is 0 Å². The second-order valence-electron chi connectivity index (χ2n) is 3.84. The van der Waals surface area contributed by atoms with Crippen molar-refractivity contribution in [2.24, 2.45) is 0 Å². The van der Waals surface area contributed by atoms with Crippen molar-refractivity contribution < 1.29 is 9.84 Å². The first-order valence-electron chi connectivity index (χ1n) is 5.39. The highest BCUT2D eigenvalue weighted by atomic mass is 35.5. The Morgan fingerprint density at radius 2 is 1.78 bits per heavy atom. The summed E-state index contributed by atoms with van der Waals surface area (Å²) in [7, 11) is 1.54. The van der Waals surface area contributed by atoms with Gasteiger partial charge in [-0.15, -0.1) is 0 Å². The summed E-state index contributed by atoms with van der Waals surface area (Å²) in [6, 6.07) is 12.2. The van der Waals surface area contributed by atoms with Crippen LogP contribution in [0.5, 0.6) is 5.75 Å². The van der Waals surface area contributed by atoms with Crippen LogP contribution >= 0.6 is 23.2 Å². The van der Waals surface area contributed by atoms with E-state index in [1.807, 2.05) is 6.07 Å². The average Bonchev–Trinajstić information content (AvgIpc) is 2.37. The number of aliphatic hydroxyl groups excluding tert-OH is 1. The molecule has 0 saturated carbocycles. The molecule has 0 aliphatic heterocycles. The number of hydrogen-bond donors (Lipinski definition) is 1. The molecule has 0 radical (unpaired) electrons. The first kappa shape index (κ1) is 13.2. The quantitative estimate of drug-likeness (QED) is 0.919. The molecule has 0 amide bonds. The van der Waals surface area contributed by atoms with Crippen LogP contribution < -0.4 is 4.74 Å². The van der Waals surface area contributed by atoms with Crippen LogP contribution in [-0.2, 0) is 0 Å². The van der Waals surface area contributed by atoms with Crippen LogP contribution in [-0.4, -0.2) is 12.2 Å². The van der Waals surface area contributed by atoms with E-state index in [2.05, 4.69) is 0 Å². The molecular weight excluding hydrogens is 271 g/mol. The smallest absolute Gasteiger partial charge is 0.126 e. The zero-order valence-corrected chi connectivity index (χ0v) is 11.2. The standard InChI is InChI=1S/C14H12Cl2O2/c1-18-13-8-11(16)5-6-12(13)14(17)9-3-2-4-10(15)7-9/h2-8,14,17H,1H3. The normalized spacial score (nSPS) is 12.2. The molecule has 18 heavy (non-hydrogen) atoms. The highest BCUT2D eigenvalue weighted by molar-refractivity contribution is 6.31. The summed E-state index contributed by atoms with van der Waals surface area (Å²) in [6.07, 6.45) is -0.795. The molecule has 0 bridgehead atoms. The van der Waals surface area contributed by atoms with E-state index in [-0.39, 0.29) is 0 Å². The van der Waals surface area contributed by atoms with E-state index in [1.165, 1.54) is 0 Å². The van der Waals surface area contributed by atoms with Gasteiger partial charge in [0.2, 0.25) is 0 Å². The maximum Gasteiger partial charge on any atom is 0.126 e. The fourth-order valence-corrected chi connectivity index (χ4v) is 2.13. The van der Waals surface area contributed by atoms with E-state index in [0.717, 1.165) is 0 Å². The first-order valence-corrected chi connectivity index (χ1v) is 6.14. The van der Waals surface area contributed by atoms with E-state index in [9.17, 15) is 5.11 Å². The Bertz CT molecular complexity index is 555. The molecule has 0 spiro atoms. The van der Waals surface area contributed by atoms with Gasteiger partial charge in [-0.05, 0) is 29.8 Å². The fourth-order valence-electron chi connectivity index (χ4n) is 1.77. The van der Waals surface area contributed by atoms with Gasteiger partial charge in [-0.3, -0.25) is 0 Å². The lowest BCUT2D eigenvalue weighted by Crippen LogP contribution is -2.02. The van der Waals surface area contributed by atoms with Gasteiger partial charge < -0.3 is 9.84 Å². The molecule has 2 aromatic carbocycles. The van der Waals surface area contributed by atoms with Crippen molar-refractivity contribution in [2.75, 3.05) is 7.11 Å². The summed E-state index contributed by atoms with van der Waals surface area (Å²) >= 11 is 11.8. The Hall–Kier alpha value is -1.22. The molecule has 0 heterocycles. The summed E-state index contributed by atoms with van der Waals surface area (Å²) in [5.74, 6) is 0.551. The summed E-state index contributed by atoms with van der Waals surface area (Å²) in [5, 5.41) is 11.5.